The average Bonchev–Trinajstić information content (AvgIpc) is 2.80. The summed E-state index contributed by atoms with van der Waals surface area (Å²) in [5.41, 5.74) is 2.32. The Balaban J connectivity index is 1.93. The number of carbonyl (C=O) groups is 2. The van der Waals surface area contributed by atoms with Crippen molar-refractivity contribution in [3.63, 3.8) is 0 Å². The lowest BCUT2D eigenvalue weighted by Crippen LogP contribution is -2.48. The third kappa shape index (κ3) is 4.46. The predicted octanol–water partition coefficient (Wildman–Crippen LogP) is 7.48. The molecule has 0 saturated heterocycles. The second kappa shape index (κ2) is 9.71. The molecule has 32 heavy (non-hydrogen) atoms. The van der Waals surface area contributed by atoms with E-state index in [-0.39, 0.29) is 11.8 Å². The molecule has 0 spiro atoms. The maximum atomic E-state index is 13.8. The zero-order valence-corrected chi connectivity index (χ0v) is 20.7. The number of thioether (sulfide) groups is 1. The summed E-state index contributed by atoms with van der Waals surface area (Å²) in [5.74, 6) is -0.182. The SMILES string of the molecule is CSC1=C(C(=O)c2ccc(Br)cc2)C(c2ccc(Cl)c(Cl)c2)NC(=O)N1c1ccccc1. The summed E-state index contributed by atoms with van der Waals surface area (Å²) >= 11 is 17.1. The zero-order chi connectivity index (χ0) is 22.8. The Morgan fingerprint density at radius 2 is 1.69 bits per heavy atom. The first-order chi connectivity index (χ1) is 15.4. The number of nitrogens with one attached hydrogen (secondary N) is 1. The van der Waals surface area contributed by atoms with Crippen LogP contribution in [-0.2, 0) is 0 Å². The first-order valence-corrected chi connectivity index (χ1v) is 12.4. The fourth-order valence-electron chi connectivity index (χ4n) is 3.54. The smallest absolute Gasteiger partial charge is 0.326 e. The van der Waals surface area contributed by atoms with Gasteiger partial charge in [0.05, 0.1) is 32.4 Å². The molecule has 1 aliphatic heterocycles. The summed E-state index contributed by atoms with van der Waals surface area (Å²) in [6.45, 7) is 0. The van der Waals surface area contributed by atoms with E-state index in [2.05, 4.69) is 21.2 Å². The van der Waals surface area contributed by atoms with Gasteiger partial charge in [-0.15, -0.1) is 11.8 Å². The quantitative estimate of drug-likeness (QED) is 0.337. The summed E-state index contributed by atoms with van der Waals surface area (Å²) in [5, 5.41) is 4.30. The molecule has 0 aliphatic carbocycles. The summed E-state index contributed by atoms with van der Waals surface area (Å²) in [7, 11) is 0. The summed E-state index contributed by atoms with van der Waals surface area (Å²) < 4.78 is 0.872. The van der Waals surface area contributed by atoms with E-state index in [1.54, 1.807) is 30.3 Å². The highest BCUT2D eigenvalue weighted by Crippen LogP contribution is 2.40. The van der Waals surface area contributed by atoms with E-state index in [0.717, 1.165) is 4.47 Å². The number of benzene rings is 3. The molecule has 3 aromatic rings. The Labute approximate surface area is 208 Å². The van der Waals surface area contributed by atoms with Crippen LogP contribution in [0.4, 0.5) is 10.5 Å². The molecule has 1 heterocycles. The lowest BCUT2D eigenvalue weighted by molar-refractivity contribution is 0.102. The van der Waals surface area contributed by atoms with E-state index in [4.69, 9.17) is 23.2 Å². The molecule has 4 rings (SSSR count). The molecule has 4 nitrogen and oxygen atoms in total. The van der Waals surface area contributed by atoms with Crippen molar-refractivity contribution >= 4 is 68.4 Å². The first-order valence-electron chi connectivity index (χ1n) is 9.59. The number of rotatable bonds is 5. The molecule has 0 bridgehead atoms. The van der Waals surface area contributed by atoms with Crippen molar-refractivity contribution in [2.24, 2.45) is 0 Å². The van der Waals surface area contributed by atoms with Crippen molar-refractivity contribution in [3.8, 4) is 0 Å². The van der Waals surface area contributed by atoms with Crippen LogP contribution in [0.25, 0.3) is 0 Å². The van der Waals surface area contributed by atoms with Crippen LogP contribution in [0.1, 0.15) is 22.0 Å². The lowest BCUT2D eigenvalue weighted by atomic mass is 9.91. The summed E-state index contributed by atoms with van der Waals surface area (Å²) in [4.78, 5) is 28.5. The molecular weight excluding hydrogens is 531 g/mol. The number of ketones is 1. The summed E-state index contributed by atoms with van der Waals surface area (Å²) in [6, 6.07) is 20.5. The minimum atomic E-state index is -0.684. The average molecular weight is 548 g/mol. The molecule has 0 radical (unpaired) electrons. The molecule has 1 atom stereocenters. The number of halogens is 3. The van der Waals surface area contributed by atoms with Crippen LogP contribution in [0.3, 0.4) is 0 Å². The van der Waals surface area contributed by atoms with Gasteiger partial charge in [-0.2, -0.15) is 0 Å². The van der Waals surface area contributed by atoms with Gasteiger partial charge in [0.2, 0.25) is 0 Å². The second-order valence-electron chi connectivity index (χ2n) is 6.99. The monoisotopic (exact) mass is 546 g/mol. The van der Waals surface area contributed by atoms with Gasteiger partial charge in [-0.3, -0.25) is 9.69 Å². The molecule has 0 fully saturated rings. The van der Waals surface area contributed by atoms with E-state index in [1.165, 1.54) is 16.7 Å². The van der Waals surface area contributed by atoms with E-state index < -0.39 is 6.04 Å². The highest BCUT2D eigenvalue weighted by molar-refractivity contribution is 9.10. The van der Waals surface area contributed by atoms with Gasteiger partial charge in [0.1, 0.15) is 0 Å². The standard InChI is InChI=1S/C24H17BrCl2N2O2S/c1-32-23-20(22(30)14-7-10-16(25)11-8-14)21(15-9-12-18(26)19(27)13-15)28-24(31)29(23)17-5-3-2-4-6-17/h2-13,21H,1H3,(H,28,31). The molecule has 8 heteroatoms. The predicted molar refractivity (Wildman–Crippen MR) is 136 cm³/mol. The molecule has 1 N–H and O–H groups in total. The maximum Gasteiger partial charge on any atom is 0.327 e. The Kier molecular flexibility index (Phi) is 6.96. The fraction of sp³-hybridized carbons (Fsp3) is 0.0833. The number of hydrogen-bond donors (Lipinski definition) is 1. The highest BCUT2D eigenvalue weighted by atomic mass is 79.9. The van der Waals surface area contributed by atoms with Gasteiger partial charge < -0.3 is 5.32 Å². The molecule has 0 aromatic heterocycles. The van der Waals surface area contributed by atoms with Crippen LogP contribution >= 0.6 is 50.9 Å². The van der Waals surface area contributed by atoms with Crippen LogP contribution in [0.2, 0.25) is 10.0 Å². The number of hydrogen-bond acceptors (Lipinski definition) is 3. The number of carbonyl (C=O) groups excluding carboxylic acids is 2. The molecular formula is C24H17BrCl2N2O2S. The number of Topliss-reactive ketones (excluding diaryl/α,β-unsaturated/α-hetero) is 1. The van der Waals surface area contributed by atoms with Gasteiger partial charge in [-0.05, 0) is 60.4 Å². The molecule has 1 aliphatic rings. The largest absolute Gasteiger partial charge is 0.327 e. The Bertz CT molecular complexity index is 1220. The van der Waals surface area contributed by atoms with Gasteiger partial charge in [0, 0.05) is 10.0 Å². The second-order valence-corrected chi connectivity index (χ2v) is 9.51. The summed E-state index contributed by atoms with van der Waals surface area (Å²) in [6.07, 6.45) is 1.85. The Morgan fingerprint density at radius 1 is 1.00 bits per heavy atom. The van der Waals surface area contributed by atoms with Gasteiger partial charge >= 0.3 is 6.03 Å². The Hall–Kier alpha value is -2.25. The molecule has 3 aromatic carbocycles. The van der Waals surface area contributed by atoms with E-state index in [0.29, 0.717) is 37.5 Å². The van der Waals surface area contributed by atoms with Gasteiger partial charge in [-0.25, -0.2) is 4.79 Å². The molecule has 162 valence electrons. The molecule has 1 unspecified atom stereocenters. The Morgan fingerprint density at radius 3 is 2.31 bits per heavy atom. The van der Waals surface area contributed by atoms with Crippen molar-refractivity contribution in [3.05, 3.63) is 109 Å². The number of para-hydroxylation sites is 1. The molecule has 0 saturated carbocycles. The maximum absolute atomic E-state index is 13.8. The number of amides is 2. The molecule has 2 amide bonds. The number of urea groups is 1. The minimum absolute atomic E-state index is 0.182. The van der Waals surface area contributed by atoms with Crippen LogP contribution in [0.15, 0.2) is 87.9 Å². The van der Waals surface area contributed by atoms with Crippen LogP contribution in [-0.4, -0.2) is 18.1 Å². The van der Waals surface area contributed by atoms with Gasteiger partial charge in [-0.1, -0.05) is 63.4 Å². The highest BCUT2D eigenvalue weighted by Gasteiger charge is 2.38. The van der Waals surface area contributed by atoms with Crippen LogP contribution < -0.4 is 10.2 Å². The topological polar surface area (TPSA) is 49.4 Å². The first kappa shape index (κ1) is 22.9. The number of nitrogens with zero attached hydrogens (tertiary/aromatic N) is 1. The van der Waals surface area contributed by atoms with Crippen LogP contribution in [0, 0.1) is 0 Å². The third-order valence-electron chi connectivity index (χ3n) is 5.03. The third-order valence-corrected chi connectivity index (χ3v) is 7.09. The van der Waals surface area contributed by atoms with Crippen molar-refractivity contribution in [1.82, 2.24) is 5.32 Å². The van der Waals surface area contributed by atoms with E-state index >= 15 is 0 Å². The lowest BCUT2D eigenvalue weighted by Gasteiger charge is -2.36. The fourth-order valence-corrected chi connectivity index (χ4v) is 4.91. The van der Waals surface area contributed by atoms with Crippen LogP contribution in [0.5, 0.6) is 0 Å². The van der Waals surface area contributed by atoms with E-state index in [9.17, 15) is 9.59 Å². The van der Waals surface area contributed by atoms with Crippen molar-refractivity contribution in [2.75, 3.05) is 11.2 Å². The van der Waals surface area contributed by atoms with E-state index in [1.807, 2.05) is 48.7 Å². The van der Waals surface area contributed by atoms with Gasteiger partial charge in [0.15, 0.2) is 5.78 Å². The van der Waals surface area contributed by atoms with Crippen molar-refractivity contribution < 1.29 is 9.59 Å². The van der Waals surface area contributed by atoms with Gasteiger partial charge in [0.25, 0.3) is 0 Å². The zero-order valence-electron chi connectivity index (χ0n) is 16.8. The van der Waals surface area contributed by atoms with Crippen molar-refractivity contribution in [1.29, 1.82) is 0 Å². The number of anilines is 1. The normalized spacial score (nSPS) is 16.2. The minimum Gasteiger partial charge on any atom is -0.326 e. The van der Waals surface area contributed by atoms with Crippen molar-refractivity contribution in [2.45, 2.75) is 6.04 Å².